The number of halogens is 1. The highest BCUT2D eigenvalue weighted by Crippen LogP contribution is 2.21. The highest BCUT2D eigenvalue weighted by atomic mass is 127. The van der Waals surface area contributed by atoms with E-state index in [1.54, 1.807) is 0 Å². The number of hydrogen-bond donors (Lipinski definition) is 2. The lowest BCUT2D eigenvalue weighted by Crippen LogP contribution is -2.38. The van der Waals surface area contributed by atoms with Gasteiger partial charge in [-0.3, -0.25) is 4.79 Å². The smallest absolute Gasteiger partial charge is 0.226 e. The summed E-state index contributed by atoms with van der Waals surface area (Å²) in [4.78, 5) is 18.5. The van der Waals surface area contributed by atoms with Crippen LogP contribution in [0, 0.1) is 0 Å². The van der Waals surface area contributed by atoms with Crippen molar-refractivity contribution in [3.8, 4) is 0 Å². The van der Waals surface area contributed by atoms with Crippen LogP contribution >= 0.6 is 35.7 Å². The molecule has 0 spiro atoms. The number of guanidine groups is 1. The lowest BCUT2D eigenvalue weighted by Gasteiger charge is -2.26. The number of piperidine rings is 1. The van der Waals surface area contributed by atoms with Crippen LogP contribution in [0.1, 0.15) is 31.7 Å². The number of rotatable bonds is 7. The zero-order valence-corrected chi connectivity index (χ0v) is 18.2. The van der Waals surface area contributed by atoms with Crippen LogP contribution in [-0.2, 0) is 11.3 Å². The van der Waals surface area contributed by atoms with Crippen molar-refractivity contribution in [2.45, 2.75) is 32.7 Å². The predicted octanol–water partition coefficient (Wildman–Crippen LogP) is 3.24. The van der Waals surface area contributed by atoms with Gasteiger partial charge < -0.3 is 15.5 Å². The van der Waals surface area contributed by atoms with Crippen LogP contribution in [0.4, 0.5) is 5.69 Å². The minimum atomic E-state index is 0. The summed E-state index contributed by atoms with van der Waals surface area (Å²) in [7, 11) is 0. The molecule has 1 aromatic carbocycles. The van der Waals surface area contributed by atoms with Gasteiger partial charge in [-0.05, 0) is 43.7 Å². The van der Waals surface area contributed by atoms with Crippen LogP contribution in [0.15, 0.2) is 29.3 Å². The molecule has 0 aromatic heterocycles. The number of nitrogens with one attached hydrogen (secondary N) is 2. The Labute approximate surface area is 172 Å². The second-order valence-corrected chi connectivity index (χ2v) is 6.77. The quantitative estimate of drug-likeness (QED) is 0.275. The number of nitrogens with zero attached hydrogens (tertiary/aromatic N) is 2. The molecule has 25 heavy (non-hydrogen) atoms. The molecule has 2 N–H and O–H groups in total. The third-order valence-electron chi connectivity index (χ3n) is 3.93. The van der Waals surface area contributed by atoms with E-state index < -0.39 is 0 Å². The first-order valence-electron chi connectivity index (χ1n) is 8.65. The Balaban J connectivity index is 0.00000312. The lowest BCUT2D eigenvalue weighted by atomic mass is 10.1. The summed E-state index contributed by atoms with van der Waals surface area (Å²) in [6, 6.07) is 8.18. The maximum absolute atomic E-state index is 12.0. The van der Waals surface area contributed by atoms with E-state index in [9.17, 15) is 4.79 Å². The Bertz CT molecular complexity index is 551. The molecule has 0 unspecified atom stereocenters. The van der Waals surface area contributed by atoms with Gasteiger partial charge in [-0.15, -0.1) is 24.0 Å². The Hall–Kier alpha value is -0.960. The number of amides is 1. The number of aliphatic imine (C=N–C) groups is 1. The number of anilines is 1. The Morgan fingerprint density at radius 2 is 2.00 bits per heavy atom. The first-order valence-corrected chi connectivity index (χ1v) is 10.0. The molecule has 0 radical (unpaired) electrons. The molecule has 1 aromatic rings. The summed E-state index contributed by atoms with van der Waals surface area (Å²) in [6.45, 7) is 5.28. The van der Waals surface area contributed by atoms with Crippen molar-refractivity contribution in [3.05, 3.63) is 29.8 Å². The number of carbonyl (C=O) groups is 1. The van der Waals surface area contributed by atoms with Crippen LogP contribution < -0.4 is 15.5 Å². The summed E-state index contributed by atoms with van der Waals surface area (Å²) in [5, 5.41) is 6.58. The second-order valence-electron chi connectivity index (χ2n) is 5.78. The maximum atomic E-state index is 12.0. The van der Waals surface area contributed by atoms with Gasteiger partial charge in [0.2, 0.25) is 5.91 Å². The average Bonchev–Trinajstić information content (AvgIpc) is 2.61. The maximum Gasteiger partial charge on any atom is 0.226 e. The molecule has 0 atom stereocenters. The van der Waals surface area contributed by atoms with Crippen LogP contribution in [0.5, 0.6) is 0 Å². The molecule has 1 heterocycles. The van der Waals surface area contributed by atoms with E-state index in [1.807, 2.05) is 28.8 Å². The summed E-state index contributed by atoms with van der Waals surface area (Å²) in [6.07, 6.45) is 4.87. The van der Waals surface area contributed by atoms with E-state index in [0.717, 1.165) is 55.4 Å². The number of carbonyl (C=O) groups excluding carboxylic acids is 1. The van der Waals surface area contributed by atoms with Crippen LogP contribution in [-0.4, -0.2) is 43.5 Å². The first-order chi connectivity index (χ1) is 11.7. The Morgan fingerprint density at radius 1 is 1.24 bits per heavy atom. The molecule has 1 saturated heterocycles. The standard InChI is InChI=1S/C18H28N4OS.HI/c1-3-19-18(20-11-13-24-2)21-14-15-7-9-16(10-8-15)22-12-5-4-6-17(22)23;/h7-10H,3-6,11-14H2,1-2H3,(H2,19,20,21);1H. The second kappa shape index (κ2) is 12.4. The fourth-order valence-electron chi connectivity index (χ4n) is 2.64. The minimum absolute atomic E-state index is 0. The van der Waals surface area contributed by atoms with Gasteiger partial charge >= 0.3 is 0 Å². The van der Waals surface area contributed by atoms with Crippen molar-refractivity contribution < 1.29 is 4.79 Å². The van der Waals surface area contributed by atoms with E-state index in [0.29, 0.717) is 13.0 Å². The van der Waals surface area contributed by atoms with E-state index in [1.165, 1.54) is 0 Å². The molecule has 5 nitrogen and oxygen atoms in total. The van der Waals surface area contributed by atoms with Crippen LogP contribution in [0.25, 0.3) is 0 Å². The van der Waals surface area contributed by atoms with Crippen LogP contribution in [0.3, 0.4) is 0 Å². The number of benzene rings is 1. The van der Waals surface area contributed by atoms with Gasteiger partial charge in [-0.25, -0.2) is 4.99 Å². The largest absolute Gasteiger partial charge is 0.357 e. The average molecular weight is 476 g/mol. The highest BCUT2D eigenvalue weighted by molar-refractivity contribution is 14.0. The van der Waals surface area contributed by atoms with Gasteiger partial charge in [0.1, 0.15) is 0 Å². The summed E-state index contributed by atoms with van der Waals surface area (Å²) in [5.41, 5.74) is 2.14. The third-order valence-corrected chi connectivity index (χ3v) is 4.55. The molecule has 140 valence electrons. The van der Waals surface area contributed by atoms with Crippen molar-refractivity contribution in [1.29, 1.82) is 0 Å². The topological polar surface area (TPSA) is 56.7 Å². The first kappa shape index (κ1) is 22.1. The molecule has 2 rings (SSSR count). The zero-order valence-electron chi connectivity index (χ0n) is 15.1. The van der Waals surface area contributed by atoms with Crippen LogP contribution in [0.2, 0.25) is 0 Å². The van der Waals surface area contributed by atoms with Gasteiger partial charge in [0.25, 0.3) is 0 Å². The Morgan fingerprint density at radius 3 is 2.64 bits per heavy atom. The molecule has 1 aliphatic heterocycles. The van der Waals surface area contributed by atoms with Crippen molar-refractivity contribution in [2.24, 2.45) is 4.99 Å². The van der Waals surface area contributed by atoms with Gasteiger partial charge in [-0.2, -0.15) is 11.8 Å². The monoisotopic (exact) mass is 476 g/mol. The van der Waals surface area contributed by atoms with Crippen molar-refractivity contribution >= 4 is 53.3 Å². The fourth-order valence-corrected chi connectivity index (χ4v) is 2.95. The molecule has 0 saturated carbocycles. The lowest BCUT2D eigenvalue weighted by molar-refractivity contribution is -0.119. The van der Waals surface area contributed by atoms with E-state index in [2.05, 4.69) is 40.9 Å². The molecule has 0 aliphatic carbocycles. The fraction of sp³-hybridized carbons (Fsp3) is 0.556. The van der Waals surface area contributed by atoms with E-state index >= 15 is 0 Å². The Kier molecular flexibility index (Phi) is 11.0. The molecule has 1 aliphatic rings. The van der Waals surface area contributed by atoms with Gasteiger partial charge in [0.05, 0.1) is 6.54 Å². The SMILES string of the molecule is CCNC(=NCc1ccc(N2CCCCC2=O)cc1)NCCSC.I. The van der Waals surface area contributed by atoms with Crippen molar-refractivity contribution in [2.75, 3.05) is 36.5 Å². The number of hydrogen-bond acceptors (Lipinski definition) is 3. The molecular formula is C18H29IN4OS. The normalized spacial score (nSPS) is 14.9. The van der Waals surface area contributed by atoms with Gasteiger partial charge in [0.15, 0.2) is 5.96 Å². The highest BCUT2D eigenvalue weighted by Gasteiger charge is 2.19. The van der Waals surface area contributed by atoms with Gasteiger partial charge in [0, 0.05) is 37.5 Å². The summed E-state index contributed by atoms with van der Waals surface area (Å²) < 4.78 is 0. The molecule has 1 fully saturated rings. The van der Waals surface area contributed by atoms with Crippen molar-refractivity contribution in [3.63, 3.8) is 0 Å². The zero-order chi connectivity index (χ0) is 17.2. The predicted molar refractivity (Wildman–Crippen MR) is 119 cm³/mol. The summed E-state index contributed by atoms with van der Waals surface area (Å²) in [5.74, 6) is 2.14. The molecule has 0 bridgehead atoms. The molecule has 1 amide bonds. The molecular weight excluding hydrogens is 447 g/mol. The third kappa shape index (κ3) is 7.43. The number of thioether (sulfide) groups is 1. The van der Waals surface area contributed by atoms with E-state index in [-0.39, 0.29) is 29.9 Å². The van der Waals surface area contributed by atoms with Gasteiger partial charge in [-0.1, -0.05) is 12.1 Å². The summed E-state index contributed by atoms with van der Waals surface area (Å²) >= 11 is 1.81. The van der Waals surface area contributed by atoms with Crippen molar-refractivity contribution in [1.82, 2.24) is 10.6 Å². The minimum Gasteiger partial charge on any atom is -0.357 e. The van der Waals surface area contributed by atoms with E-state index in [4.69, 9.17) is 0 Å². The molecule has 7 heteroatoms.